The monoisotopic (exact) mass is 220 g/mol. The van der Waals surface area contributed by atoms with E-state index in [1.807, 2.05) is 13.0 Å². The van der Waals surface area contributed by atoms with Crippen molar-refractivity contribution in [2.75, 3.05) is 5.73 Å². The van der Waals surface area contributed by atoms with Gasteiger partial charge in [-0.25, -0.2) is 4.98 Å². The van der Waals surface area contributed by atoms with Crippen LogP contribution in [-0.4, -0.2) is 9.97 Å². The molecule has 0 saturated carbocycles. The molecule has 2 aromatic rings. The van der Waals surface area contributed by atoms with E-state index in [4.69, 9.17) is 11.5 Å². The second-order valence-electron chi connectivity index (χ2n) is 3.37. The number of nitrogen functional groups attached to an aromatic ring is 1. The van der Waals surface area contributed by atoms with Gasteiger partial charge in [-0.2, -0.15) is 0 Å². The largest absolute Gasteiger partial charge is 0.383 e. The first-order valence-corrected chi connectivity index (χ1v) is 5.42. The summed E-state index contributed by atoms with van der Waals surface area (Å²) in [6, 6.07) is 1.73. The van der Waals surface area contributed by atoms with Gasteiger partial charge < -0.3 is 11.5 Å². The van der Waals surface area contributed by atoms with Crippen LogP contribution in [0.4, 0.5) is 5.82 Å². The SMILES string of the molecule is Cc1cnc(N)c(C(N)c2cncs2)c1. The third-order valence-corrected chi connectivity index (χ3v) is 3.04. The molecular weight excluding hydrogens is 208 g/mol. The Hall–Kier alpha value is -1.46. The van der Waals surface area contributed by atoms with E-state index in [1.165, 1.54) is 11.3 Å². The fraction of sp³-hybridized carbons (Fsp3) is 0.200. The molecule has 1 atom stereocenters. The molecule has 4 nitrogen and oxygen atoms in total. The van der Waals surface area contributed by atoms with E-state index < -0.39 is 0 Å². The van der Waals surface area contributed by atoms with E-state index in [0.717, 1.165) is 16.0 Å². The molecule has 0 spiro atoms. The van der Waals surface area contributed by atoms with Crippen molar-refractivity contribution in [3.63, 3.8) is 0 Å². The Kier molecular flexibility index (Phi) is 2.66. The summed E-state index contributed by atoms with van der Waals surface area (Å²) in [6.07, 6.45) is 3.50. The lowest BCUT2D eigenvalue weighted by Crippen LogP contribution is -2.13. The summed E-state index contributed by atoms with van der Waals surface area (Å²) in [5, 5.41) is 0. The first-order valence-electron chi connectivity index (χ1n) is 4.54. The molecule has 0 aliphatic heterocycles. The molecule has 0 aliphatic carbocycles. The predicted molar refractivity (Wildman–Crippen MR) is 61.5 cm³/mol. The molecule has 0 aliphatic rings. The van der Waals surface area contributed by atoms with Gasteiger partial charge >= 0.3 is 0 Å². The van der Waals surface area contributed by atoms with Crippen molar-refractivity contribution in [2.24, 2.45) is 5.73 Å². The maximum absolute atomic E-state index is 6.08. The van der Waals surface area contributed by atoms with Crippen molar-refractivity contribution < 1.29 is 0 Å². The third-order valence-electron chi connectivity index (χ3n) is 2.18. The maximum atomic E-state index is 6.08. The van der Waals surface area contributed by atoms with Crippen LogP contribution in [0.3, 0.4) is 0 Å². The number of hydrogen-bond donors (Lipinski definition) is 2. The van der Waals surface area contributed by atoms with Crippen LogP contribution in [0.5, 0.6) is 0 Å². The second kappa shape index (κ2) is 3.96. The third kappa shape index (κ3) is 1.98. The topological polar surface area (TPSA) is 77.8 Å². The standard InChI is InChI=1S/C10H12N4S/c1-6-2-7(10(12)14-3-6)9(11)8-4-13-5-15-8/h2-5,9H,11H2,1H3,(H2,12,14). The van der Waals surface area contributed by atoms with E-state index in [-0.39, 0.29) is 6.04 Å². The Morgan fingerprint density at radius 2 is 2.20 bits per heavy atom. The smallest absolute Gasteiger partial charge is 0.128 e. The number of anilines is 1. The lowest BCUT2D eigenvalue weighted by molar-refractivity contribution is 0.882. The summed E-state index contributed by atoms with van der Waals surface area (Å²) in [5.74, 6) is 0.488. The first kappa shape index (κ1) is 10.1. The van der Waals surface area contributed by atoms with Gasteiger partial charge in [0.25, 0.3) is 0 Å². The molecule has 2 aromatic heterocycles. The maximum Gasteiger partial charge on any atom is 0.128 e. The van der Waals surface area contributed by atoms with E-state index >= 15 is 0 Å². The second-order valence-corrected chi connectivity index (χ2v) is 4.29. The number of pyridine rings is 1. The van der Waals surface area contributed by atoms with Gasteiger partial charge in [-0.05, 0) is 18.6 Å². The normalized spacial score (nSPS) is 12.7. The van der Waals surface area contributed by atoms with Crippen LogP contribution in [0.25, 0.3) is 0 Å². The number of aromatic nitrogens is 2. The van der Waals surface area contributed by atoms with Crippen molar-refractivity contribution >= 4 is 17.2 Å². The van der Waals surface area contributed by atoms with Gasteiger partial charge in [-0.1, -0.05) is 0 Å². The lowest BCUT2D eigenvalue weighted by Gasteiger charge is -2.12. The highest BCUT2D eigenvalue weighted by molar-refractivity contribution is 7.09. The summed E-state index contributed by atoms with van der Waals surface area (Å²) in [4.78, 5) is 9.08. The molecule has 5 heteroatoms. The number of aryl methyl sites for hydroxylation is 1. The Morgan fingerprint density at radius 1 is 1.40 bits per heavy atom. The Morgan fingerprint density at radius 3 is 2.87 bits per heavy atom. The molecule has 15 heavy (non-hydrogen) atoms. The zero-order valence-corrected chi connectivity index (χ0v) is 9.16. The van der Waals surface area contributed by atoms with Crippen molar-refractivity contribution in [3.05, 3.63) is 40.0 Å². The van der Waals surface area contributed by atoms with Crippen LogP contribution in [0.1, 0.15) is 22.0 Å². The summed E-state index contributed by atoms with van der Waals surface area (Å²) >= 11 is 1.52. The molecule has 0 saturated heterocycles. The number of thiazole rings is 1. The van der Waals surface area contributed by atoms with Gasteiger partial charge in [0.15, 0.2) is 0 Å². The van der Waals surface area contributed by atoms with Crippen LogP contribution in [0, 0.1) is 6.92 Å². The molecule has 0 radical (unpaired) electrons. The van der Waals surface area contributed by atoms with Crippen LogP contribution >= 0.6 is 11.3 Å². The Bertz CT molecular complexity index is 452. The van der Waals surface area contributed by atoms with Crippen LogP contribution in [0.15, 0.2) is 24.0 Å². The molecule has 78 valence electrons. The minimum Gasteiger partial charge on any atom is -0.383 e. The van der Waals surface area contributed by atoms with Gasteiger partial charge in [0.2, 0.25) is 0 Å². The first-order chi connectivity index (χ1) is 7.18. The summed E-state index contributed by atoms with van der Waals surface area (Å²) in [5.41, 5.74) is 15.5. The van der Waals surface area contributed by atoms with Gasteiger partial charge in [0.1, 0.15) is 5.82 Å². The van der Waals surface area contributed by atoms with Gasteiger partial charge in [0.05, 0.1) is 11.6 Å². The molecule has 0 aromatic carbocycles. The molecule has 1 unspecified atom stereocenters. The fourth-order valence-electron chi connectivity index (χ4n) is 1.38. The number of rotatable bonds is 2. The van der Waals surface area contributed by atoms with E-state index in [0.29, 0.717) is 5.82 Å². The summed E-state index contributed by atoms with van der Waals surface area (Å²) in [7, 11) is 0. The van der Waals surface area contributed by atoms with Crippen LogP contribution in [-0.2, 0) is 0 Å². The van der Waals surface area contributed by atoms with Crippen molar-refractivity contribution in [1.29, 1.82) is 0 Å². The average Bonchev–Trinajstić information content (AvgIpc) is 2.74. The minimum absolute atomic E-state index is 0.232. The van der Waals surface area contributed by atoms with Crippen molar-refractivity contribution in [3.8, 4) is 0 Å². The van der Waals surface area contributed by atoms with Gasteiger partial charge in [0, 0.05) is 22.8 Å². The highest BCUT2D eigenvalue weighted by Crippen LogP contribution is 2.26. The number of nitrogens with zero attached hydrogens (tertiary/aromatic N) is 2. The Labute approximate surface area is 92.0 Å². The van der Waals surface area contributed by atoms with E-state index in [9.17, 15) is 0 Å². The molecule has 0 bridgehead atoms. The number of nitrogens with two attached hydrogens (primary N) is 2. The Balaban J connectivity index is 2.41. The van der Waals surface area contributed by atoms with E-state index in [2.05, 4.69) is 9.97 Å². The molecular formula is C10H12N4S. The van der Waals surface area contributed by atoms with E-state index in [1.54, 1.807) is 17.9 Å². The van der Waals surface area contributed by atoms with Crippen molar-refractivity contribution in [2.45, 2.75) is 13.0 Å². The van der Waals surface area contributed by atoms with Crippen molar-refractivity contribution in [1.82, 2.24) is 9.97 Å². The molecule has 2 heterocycles. The molecule has 4 N–H and O–H groups in total. The zero-order valence-electron chi connectivity index (χ0n) is 8.34. The quantitative estimate of drug-likeness (QED) is 0.803. The molecule has 0 amide bonds. The highest BCUT2D eigenvalue weighted by Gasteiger charge is 2.14. The molecule has 0 fully saturated rings. The minimum atomic E-state index is -0.232. The highest BCUT2D eigenvalue weighted by atomic mass is 32.1. The predicted octanol–water partition coefficient (Wildman–Crippen LogP) is 1.48. The van der Waals surface area contributed by atoms with Crippen LogP contribution < -0.4 is 11.5 Å². The van der Waals surface area contributed by atoms with Gasteiger partial charge in [-0.3, -0.25) is 4.98 Å². The average molecular weight is 220 g/mol. The fourth-order valence-corrected chi connectivity index (χ4v) is 2.02. The lowest BCUT2D eigenvalue weighted by atomic mass is 10.1. The van der Waals surface area contributed by atoms with Gasteiger partial charge in [-0.15, -0.1) is 11.3 Å². The molecule has 2 rings (SSSR count). The zero-order chi connectivity index (χ0) is 10.8. The summed E-state index contributed by atoms with van der Waals surface area (Å²) < 4.78 is 0. The van der Waals surface area contributed by atoms with Crippen LogP contribution in [0.2, 0.25) is 0 Å². The summed E-state index contributed by atoms with van der Waals surface area (Å²) in [6.45, 7) is 1.97. The number of hydrogen-bond acceptors (Lipinski definition) is 5.